The molecule has 0 spiro atoms. The molecule has 1 amide bonds. The molecule has 1 N–H and O–H groups in total. The number of nitrogens with zero attached hydrogens (tertiary/aromatic N) is 4. The van der Waals surface area contributed by atoms with E-state index in [2.05, 4.69) is 20.3 Å². The van der Waals surface area contributed by atoms with Gasteiger partial charge in [-0.15, -0.1) is 0 Å². The number of rotatable bonds is 7. The summed E-state index contributed by atoms with van der Waals surface area (Å²) in [5.41, 5.74) is 3.59. The first-order valence-electron chi connectivity index (χ1n) is 11.1. The fourth-order valence-corrected chi connectivity index (χ4v) is 4.14. The summed E-state index contributed by atoms with van der Waals surface area (Å²) in [5, 5.41) is 3.18. The average Bonchev–Trinajstić information content (AvgIpc) is 2.82. The molecule has 1 saturated heterocycles. The molecule has 2 aromatic heterocycles. The molecular formula is C25H28FN5O. The maximum absolute atomic E-state index is 13.4. The van der Waals surface area contributed by atoms with Gasteiger partial charge in [0, 0.05) is 43.5 Å². The number of aromatic nitrogens is 3. The molecule has 32 heavy (non-hydrogen) atoms. The van der Waals surface area contributed by atoms with E-state index in [9.17, 15) is 9.18 Å². The van der Waals surface area contributed by atoms with E-state index in [1.54, 1.807) is 37.8 Å². The molecule has 0 saturated carbocycles. The Morgan fingerprint density at radius 1 is 1.19 bits per heavy atom. The Bertz CT molecular complexity index is 1040. The van der Waals surface area contributed by atoms with E-state index in [1.807, 2.05) is 23.1 Å². The van der Waals surface area contributed by atoms with Gasteiger partial charge in [-0.3, -0.25) is 14.8 Å². The zero-order chi connectivity index (χ0) is 22.3. The molecule has 0 bridgehead atoms. The molecule has 3 heterocycles. The number of hydrogen-bond acceptors (Lipinski definition) is 5. The largest absolute Gasteiger partial charge is 0.342 e. The molecule has 1 unspecified atom stereocenters. The molecule has 1 atom stereocenters. The van der Waals surface area contributed by atoms with Crippen LogP contribution in [0.2, 0.25) is 0 Å². The van der Waals surface area contributed by atoms with Crippen molar-refractivity contribution >= 4 is 17.4 Å². The molecule has 3 aromatic rings. The topological polar surface area (TPSA) is 71.0 Å². The Hall–Kier alpha value is -3.35. The molecule has 0 aliphatic carbocycles. The van der Waals surface area contributed by atoms with E-state index in [1.165, 1.54) is 6.07 Å². The summed E-state index contributed by atoms with van der Waals surface area (Å²) in [5.74, 6) is 0.926. The van der Waals surface area contributed by atoms with Crippen LogP contribution in [0.3, 0.4) is 0 Å². The van der Waals surface area contributed by atoms with Crippen molar-refractivity contribution in [1.29, 1.82) is 0 Å². The van der Waals surface area contributed by atoms with Crippen molar-refractivity contribution in [2.45, 2.75) is 44.9 Å². The maximum atomic E-state index is 13.4. The van der Waals surface area contributed by atoms with Crippen LogP contribution in [-0.4, -0.2) is 38.8 Å². The first kappa shape index (κ1) is 21.9. The highest BCUT2D eigenvalue weighted by Crippen LogP contribution is 2.27. The zero-order valence-electron chi connectivity index (χ0n) is 18.3. The van der Waals surface area contributed by atoms with Gasteiger partial charge in [0.15, 0.2) is 0 Å². The Balaban J connectivity index is 1.28. The fourth-order valence-electron chi connectivity index (χ4n) is 4.14. The number of pyridine rings is 1. The van der Waals surface area contributed by atoms with Crippen LogP contribution in [-0.2, 0) is 11.2 Å². The Morgan fingerprint density at radius 2 is 2.09 bits per heavy atom. The molecule has 1 aliphatic rings. The number of aryl methyl sites for hydroxylation is 2. The number of nitrogens with one attached hydrogen (secondary N) is 1. The number of carbonyl (C=O) groups is 1. The lowest BCUT2D eigenvalue weighted by Crippen LogP contribution is -2.39. The predicted octanol–water partition coefficient (Wildman–Crippen LogP) is 4.79. The highest BCUT2D eigenvalue weighted by Gasteiger charge is 2.25. The minimum absolute atomic E-state index is 0.185. The van der Waals surface area contributed by atoms with E-state index in [4.69, 9.17) is 0 Å². The number of carbonyl (C=O) groups excluding carboxylic acids is 1. The molecule has 7 heteroatoms. The second kappa shape index (κ2) is 10.3. The molecule has 1 fully saturated rings. The first-order chi connectivity index (χ1) is 15.6. The van der Waals surface area contributed by atoms with Gasteiger partial charge in [-0.25, -0.2) is 9.37 Å². The van der Waals surface area contributed by atoms with Gasteiger partial charge >= 0.3 is 0 Å². The number of hydrogen-bond donors (Lipinski definition) is 1. The highest BCUT2D eigenvalue weighted by molar-refractivity contribution is 5.76. The van der Waals surface area contributed by atoms with Gasteiger partial charge in [0.05, 0.1) is 18.1 Å². The summed E-state index contributed by atoms with van der Waals surface area (Å²) in [7, 11) is 0. The van der Waals surface area contributed by atoms with E-state index < -0.39 is 0 Å². The normalized spacial score (nSPS) is 16.1. The summed E-state index contributed by atoms with van der Waals surface area (Å²) in [6, 6.07) is 9.18. The molecule has 6 nitrogen and oxygen atoms in total. The number of anilines is 2. The van der Waals surface area contributed by atoms with Crippen LogP contribution in [0.4, 0.5) is 15.9 Å². The lowest BCUT2D eigenvalue weighted by atomic mass is 9.93. The van der Waals surface area contributed by atoms with Crippen molar-refractivity contribution in [3.05, 3.63) is 77.8 Å². The first-order valence-corrected chi connectivity index (χ1v) is 11.1. The van der Waals surface area contributed by atoms with Crippen LogP contribution in [0, 0.1) is 12.7 Å². The van der Waals surface area contributed by atoms with Crippen LogP contribution in [0.1, 0.15) is 48.4 Å². The number of piperidine rings is 1. The van der Waals surface area contributed by atoms with Crippen molar-refractivity contribution in [2.24, 2.45) is 0 Å². The fraction of sp³-hybridized carbons (Fsp3) is 0.360. The van der Waals surface area contributed by atoms with E-state index in [0.29, 0.717) is 24.3 Å². The van der Waals surface area contributed by atoms with Gasteiger partial charge < -0.3 is 10.2 Å². The smallest absolute Gasteiger partial charge is 0.222 e. The van der Waals surface area contributed by atoms with Gasteiger partial charge in [0.25, 0.3) is 0 Å². The minimum Gasteiger partial charge on any atom is -0.342 e. The lowest BCUT2D eigenvalue weighted by Gasteiger charge is -2.32. The lowest BCUT2D eigenvalue weighted by molar-refractivity contribution is -0.132. The van der Waals surface area contributed by atoms with Gasteiger partial charge in [-0.05, 0) is 61.9 Å². The molecule has 0 radical (unpaired) electrons. The van der Waals surface area contributed by atoms with Crippen molar-refractivity contribution in [3.8, 4) is 0 Å². The second-order valence-corrected chi connectivity index (χ2v) is 8.30. The van der Waals surface area contributed by atoms with E-state index >= 15 is 0 Å². The Labute approximate surface area is 187 Å². The number of likely N-dealkylation sites (tertiary alicyclic amines) is 1. The minimum atomic E-state index is -0.185. The van der Waals surface area contributed by atoms with Crippen LogP contribution < -0.4 is 5.32 Å². The summed E-state index contributed by atoms with van der Waals surface area (Å²) in [6.07, 6.45) is 10.8. The summed E-state index contributed by atoms with van der Waals surface area (Å²) in [6.45, 7) is 3.28. The third-order valence-electron chi connectivity index (χ3n) is 5.89. The van der Waals surface area contributed by atoms with Gasteiger partial charge in [0.1, 0.15) is 11.6 Å². The monoisotopic (exact) mass is 433 g/mol. The summed E-state index contributed by atoms with van der Waals surface area (Å²) in [4.78, 5) is 27.6. The van der Waals surface area contributed by atoms with Gasteiger partial charge in [0.2, 0.25) is 5.91 Å². The predicted molar refractivity (Wildman–Crippen MR) is 122 cm³/mol. The van der Waals surface area contributed by atoms with Gasteiger partial charge in [-0.1, -0.05) is 12.1 Å². The van der Waals surface area contributed by atoms with E-state index in [0.717, 1.165) is 49.2 Å². The molecule has 1 aliphatic heterocycles. The van der Waals surface area contributed by atoms with Crippen molar-refractivity contribution < 1.29 is 9.18 Å². The van der Waals surface area contributed by atoms with Crippen molar-refractivity contribution in [3.63, 3.8) is 0 Å². The summed E-state index contributed by atoms with van der Waals surface area (Å²) >= 11 is 0. The van der Waals surface area contributed by atoms with Crippen LogP contribution in [0.5, 0.6) is 0 Å². The van der Waals surface area contributed by atoms with E-state index in [-0.39, 0.29) is 17.6 Å². The molecule has 166 valence electrons. The Kier molecular flexibility index (Phi) is 7.04. The number of halogens is 1. The average molecular weight is 434 g/mol. The highest BCUT2D eigenvalue weighted by atomic mass is 19.1. The number of amides is 1. The maximum Gasteiger partial charge on any atom is 0.222 e. The van der Waals surface area contributed by atoms with Crippen molar-refractivity contribution in [1.82, 2.24) is 19.9 Å². The summed E-state index contributed by atoms with van der Waals surface area (Å²) < 4.78 is 13.4. The zero-order valence-corrected chi connectivity index (χ0v) is 18.3. The molecular weight excluding hydrogens is 405 g/mol. The Morgan fingerprint density at radius 3 is 2.84 bits per heavy atom. The van der Waals surface area contributed by atoms with Gasteiger partial charge in [-0.2, -0.15) is 0 Å². The van der Waals surface area contributed by atoms with Crippen LogP contribution >= 0.6 is 0 Å². The molecule has 1 aromatic carbocycles. The molecule has 4 rings (SSSR count). The van der Waals surface area contributed by atoms with Crippen LogP contribution in [0.15, 0.2) is 55.1 Å². The van der Waals surface area contributed by atoms with Crippen molar-refractivity contribution in [2.75, 3.05) is 18.4 Å². The van der Waals surface area contributed by atoms with Crippen LogP contribution in [0.25, 0.3) is 0 Å². The number of benzene rings is 1. The third kappa shape index (κ3) is 5.66. The standard InChI is InChI=1S/C25H28FN5O/c1-18-14-19(7-9-22(18)26)4-2-6-25(32)31-13-3-5-20(17-31)23-10-8-21(15-29-23)30-24-16-27-11-12-28-24/h7-12,14-16,20H,2-6,13,17H2,1H3,(H,28,30). The SMILES string of the molecule is Cc1cc(CCCC(=O)N2CCCC(c3ccc(Nc4cnccn4)cn3)C2)ccc1F. The quantitative estimate of drug-likeness (QED) is 0.580. The second-order valence-electron chi connectivity index (χ2n) is 8.30. The third-order valence-corrected chi connectivity index (χ3v) is 5.89.